The third-order valence-corrected chi connectivity index (χ3v) is 5.11. The van der Waals surface area contributed by atoms with Crippen molar-refractivity contribution in [2.75, 3.05) is 43.7 Å². The fraction of sp³-hybridized carbons (Fsp3) is 0.714. The summed E-state index contributed by atoms with van der Waals surface area (Å²) in [5.41, 5.74) is 0.367. The Morgan fingerprint density at radius 2 is 1.65 bits per heavy atom. The Balaban J connectivity index is 1.90. The summed E-state index contributed by atoms with van der Waals surface area (Å²) in [7, 11) is 0.241. The van der Waals surface area contributed by atoms with E-state index in [9.17, 15) is 9.59 Å². The summed E-state index contributed by atoms with van der Waals surface area (Å²) in [6.07, 6.45) is 2.48. The van der Waals surface area contributed by atoms with Gasteiger partial charge in [0.2, 0.25) is 5.75 Å². The summed E-state index contributed by atoms with van der Waals surface area (Å²) in [5, 5.41) is 0. The van der Waals surface area contributed by atoms with Crippen LogP contribution in [0.5, 0.6) is 0 Å². The summed E-state index contributed by atoms with van der Waals surface area (Å²) >= 11 is 0. The van der Waals surface area contributed by atoms with Crippen LogP contribution in [0.4, 0.5) is 0 Å². The SMILES string of the molecule is C=C(C)C(=O)OCCOCCOC(=O)C[S+]1CCCC1. The van der Waals surface area contributed by atoms with Gasteiger partial charge in [0.1, 0.15) is 24.7 Å². The van der Waals surface area contributed by atoms with Gasteiger partial charge in [-0.1, -0.05) is 6.58 Å². The zero-order valence-electron chi connectivity index (χ0n) is 12.0. The lowest BCUT2D eigenvalue weighted by molar-refractivity contribution is -0.142. The maximum absolute atomic E-state index is 11.5. The molecule has 1 aliphatic heterocycles. The molecule has 0 amide bonds. The summed E-state index contributed by atoms with van der Waals surface area (Å²) in [6.45, 7) is 6.12. The van der Waals surface area contributed by atoms with Crippen LogP contribution >= 0.6 is 0 Å². The molecule has 0 aliphatic carbocycles. The predicted molar refractivity (Wildman–Crippen MR) is 78.8 cm³/mol. The van der Waals surface area contributed by atoms with E-state index in [0.717, 1.165) is 0 Å². The minimum Gasteiger partial charge on any atom is -0.460 e. The molecule has 6 heteroatoms. The third kappa shape index (κ3) is 7.55. The van der Waals surface area contributed by atoms with E-state index >= 15 is 0 Å². The van der Waals surface area contributed by atoms with Gasteiger partial charge in [-0.05, 0) is 30.7 Å². The lowest BCUT2D eigenvalue weighted by Gasteiger charge is -2.07. The molecule has 0 aromatic rings. The standard InChI is InChI=1S/C14H23O5S/c1-12(2)14(16)19-8-6-17-5-7-18-13(15)11-20-9-3-4-10-20/h1,3-11H2,2H3/q+1. The molecule has 0 aromatic heterocycles. The van der Waals surface area contributed by atoms with Crippen molar-refractivity contribution >= 4 is 22.8 Å². The van der Waals surface area contributed by atoms with Gasteiger partial charge in [0, 0.05) is 5.57 Å². The van der Waals surface area contributed by atoms with Gasteiger partial charge in [0.05, 0.1) is 13.2 Å². The maximum atomic E-state index is 11.5. The molecule has 0 radical (unpaired) electrons. The number of hydrogen-bond donors (Lipinski definition) is 0. The highest BCUT2D eigenvalue weighted by molar-refractivity contribution is 7.97. The van der Waals surface area contributed by atoms with Gasteiger partial charge >= 0.3 is 11.9 Å². The van der Waals surface area contributed by atoms with Gasteiger partial charge in [-0.3, -0.25) is 0 Å². The minimum atomic E-state index is -0.419. The van der Waals surface area contributed by atoms with E-state index in [0.29, 0.717) is 24.5 Å². The maximum Gasteiger partial charge on any atom is 0.356 e. The fourth-order valence-electron chi connectivity index (χ4n) is 1.70. The highest BCUT2D eigenvalue weighted by Crippen LogP contribution is 2.13. The number of esters is 2. The quantitative estimate of drug-likeness (QED) is 0.276. The highest BCUT2D eigenvalue weighted by atomic mass is 32.2. The second kappa shape index (κ2) is 9.83. The molecule has 5 nitrogen and oxygen atoms in total. The van der Waals surface area contributed by atoms with E-state index in [1.165, 1.54) is 24.3 Å². The molecule has 1 fully saturated rings. The number of hydrogen-bond acceptors (Lipinski definition) is 5. The number of ether oxygens (including phenoxy) is 3. The van der Waals surface area contributed by atoms with Crippen LogP contribution in [0.2, 0.25) is 0 Å². The largest absolute Gasteiger partial charge is 0.460 e. The van der Waals surface area contributed by atoms with Crippen LogP contribution in [-0.2, 0) is 34.7 Å². The monoisotopic (exact) mass is 303 g/mol. The van der Waals surface area contributed by atoms with Crippen LogP contribution in [0, 0.1) is 0 Å². The first kappa shape index (κ1) is 17.0. The van der Waals surface area contributed by atoms with E-state index in [4.69, 9.17) is 14.2 Å². The average molecular weight is 303 g/mol. The zero-order chi connectivity index (χ0) is 14.8. The Kier molecular flexibility index (Phi) is 8.37. The summed E-state index contributed by atoms with van der Waals surface area (Å²) in [5.74, 6) is 2.33. The van der Waals surface area contributed by atoms with Crippen LogP contribution < -0.4 is 0 Å². The highest BCUT2D eigenvalue weighted by Gasteiger charge is 2.27. The third-order valence-electron chi connectivity index (χ3n) is 2.74. The minimum absolute atomic E-state index is 0.132. The van der Waals surface area contributed by atoms with E-state index in [1.54, 1.807) is 6.92 Å². The molecule has 1 saturated heterocycles. The van der Waals surface area contributed by atoms with Crippen LogP contribution in [0.1, 0.15) is 19.8 Å². The molecule has 0 bridgehead atoms. The number of carbonyl (C=O) groups excluding carboxylic acids is 2. The van der Waals surface area contributed by atoms with Crippen molar-refractivity contribution in [3.63, 3.8) is 0 Å². The lowest BCUT2D eigenvalue weighted by atomic mass is 10.4. The summed E-state index contributed by atoms with van der Waals surface area (Å²) < 4.78 is 15.1. The van der Waals surface area contributed by atoms with Crippen molar-refractivity contribution in [1.29, 1.82) is 0 Å². The Morgan fingerprint density at radius 3 is 2.25 bits per heavy atom. The molecule has 0 aromatic carbocycles. The van der Waals surface area contributed by atoms with Crippen molar-refractivity contribution in [3.8, 4) is 0 Å². The van der Waals surface area contributed by atoms with Crippen LogP contribution in [0.25, 0.3) is 0 Å². The van der Waals surface area contributed by atoms with Gasteiger partial charge in [0.25, 0.3) is 0 Å². The first-order valence-electron chi connectivity index (χ1n) is 6.79. The molecule has 20 heavy (non-hydrogen) atoms. The first-order valence-corrected chi connectivity index (χ1v) is 8.53. The molecule has 1 rings (SSSR count). The van der Waals surface area contributed by atoms with Crippen molar-refractivity contribution in [2.24, 2.45) is 0 Å². The second-order valence-corrected chi connectivity index (χ2v) is 6.95. The second-order valence-electron chi connectivity index (χ2n) is 4.62. The predicted octanol–water partition coefficient (Wildman–Crippen LogP) is 1.08. The van der Waals surface area contributed by atoms with Gasteiger partial charge in [-0.25, -0.2) is 9.59 Å². The average Bonchev–Trinajstić information content (AvgIpc) is 2.89. The van der Waals surface area contributed by atoms with Crippen LogP contribution in [0.3, 0.4) is 0 Å². The molecule has 0 atom stereocenters. The number of carbonyl (C=O) groups is 2. The topological polar surface area (TPSA) is 61.8 Å². The van der Waals surface area contributed by atoms with E-state index in [1.807, 2.05) is 0 Å². The first-order chi connectivity index (χ1) is 9.59. The molecule has 0 N–H and O–H groups in total. The molecular weight excluding hydrogens is 280 g/mol. The Labute approximate surface area is 123 Å². The van der Waals surface area contributed by atoms with Gasteiger partial charge in [-0.15, -0.1) is 0 Å². The molecule has 0 unspecified atom stereocenters. The Bertz CT molecular complexity index is 336. The Morgan fingerprint density at radius 1 is 1.05 bits per heavy atom. The fourth-order valence-corrected chi connectivity index (χ4v) is 3.83. The molecule has 0 saturated carbocycles. The van der Waals surface area contributed by atoms with Gasteiger partial charge in [-0.2, -0.15) is 0 Å². The van der Waals surface area contributed by atoms with Gasteiger partial charge < -0.3 is 14.2 Å². The molecule has 114 valence electrons. The summed E-state index contributed by atoms with van der Waals surface area (Å²) in [4.78, 5) is 22.5. The normalized spacial score (nSPS) is 15.1. The van der Waals surface area contributed by atoms with Crippen molar-refractivity contribution in [2.45, 2.75) is 19.8 Å². The zero-order valence-corrected chi connectivity index (χ0v) is 12.8. The molecule has 0 spiro atoms. The molecular formula is C14H23O5S+. The molecule has 1 aliphatic rings. The van der Waals surface area contributed by atoms with Crippen molar-refractivity contribution in [3.05, 3.63) is 12.2 Å². The molecule has 1 heterocycles. The smallest absolute Gasteiger partial charge is 0.356 e. The van der Waals surface area contributed by atoms with Crippen molar-refractivity contribution in [1.82, 2.24) is 0 Å². The Hall–Kier alpha value is -1.01. The number of rotatable bonds is 9. The van der Waals surface area contributed by atoms with Crippen LogP contribution in [-0.4, -0.2) is 55.6 Å². The van der Waals surface area contributed by atoms with Crippen molar-refractivity contribution < 1.29 is 23.8 Å². The lowest BCUT2D eigenvalue weighted by Crippen LogP contribution is -2.22. The van der Waals surface area contributed by atoms with E-state index in [-0.39, 0.29) is 30.1 Å². The van der Waals surface area contributed by atoms with Gasteiger partial charge in [0.15, 0.2) is 0 Å². The van der Waals surface area contributed by atoms with Crippen LogP contribution in [0.15, 0.2) is 12.2 Å². The van der Waals surface area contributed by atoms with E-state index < -0.39 is 5.97 Å². The summed E-state index contributed by atoms with van der Waals surface area (Å²) in [6, 6.07) is 0. The van der Waals surface area contributed by atoms with E-state index in [2.05, 4.69) is 6.58 Å².